The van der Waals surface area contributed by atoms with Crippen LogP contribution in [0.25, 0.3) is 0 Å². The maximum atomic E-state index is 12.9. The lowest BCUT2D eigenvalue weighted by molar-refractivity contribution is 0.492. The molecule has 0 radical (unpaired) electrons. The van der Waals surface area contributed by atoms with Crippen molar-refractivity contribution in [2.24, 2.45) is 0 Å². The number of nitrogens with one attached hydrogen (secondary N) is 1. The van der Waals surface area contributed by atoms with Gasteiger partial charge < -0.3 is 5.32 Å². The SMILES string of the molecule is CCC(CC#N)NCc1ccc(F)c(F)c1. The van der Waals surface area contributed by atoms with E-state index in [0.717, 1.165) is 12.5 Å². The largest absolute Gasteiger partial charge is 0.309 e. The lowest BCUT2D eigenvalue weighted by atomic mass is 10.1. The predicted molar refractivity (Wildman–Crippen MR) is 57.5 cm³/mol. The molecule has 0 aliphatic heterocycles. The lowest BCUT2D eigenvalue weighted by Gasteiger charge is -2.13. The number of hydrogen-bond donors (Lipinski definition) is 1. The Kier molecular flexibility index (Phi) is 4.87. The van der Waals surface area contributed by atoms with Gasteiger partial charge in [0, 0.05) is 12.6 Å². The third kappa shape index (κ3) is 3.59. The molecule has 1 N–H and O–H groups in total. The van der Waals surface area contributed by atoms with Gasteiger partial charge in [-0.15, -0.1) is 0 Å². The molecule has 1 aromatic rings. The maximum absolute atomic E-state index is 12.9. The first-order valence-electron chi connectivity index (χ1n) is 5.21. The Balaban J connectivity index is 2.54. The van der Waals surface area contributed by atoms with E-state index in [4.69, 9.17) is 5.26 Å². The molecule has 4 heteroatoms. The molecule has 0 spiro atoms. The van der Waals surface area contributed by atoms with Crippen LogP contribution >= 0.6 is 0 Å². The molecule has 1 unspecified atom stereocenters. The summed E-state index contributed by atoms with van der Waals surface area (Å²) >= 11 is 0. The zero-order chi connectivity index (χ0) is 12.0. The van der Waals surface area contributed by atoms with Crippen molar-refractivity contribution in [2.45, 2.75) is 32.4 Å². The van der Waals surface area contributed by atoms with Crippen molar-refractivity contribution in [2.75, 3.05) is 0 Å². The number of nitriles is 1. The molecule has 0 aliphatic rings. The molecule has 0 amide bonds. The zero-order valence-corrected chi connectivity index (χ0v) is 9.13. The maximum Gasteiger partial charge on any atom is 0.159 e. The van der Waals surface area contributed by atoms with Crippen LogP contribution in [0.3, 0.4) is 0 Å². The summed E-state index contributed by atoms with van der Waals surface area (Å²) in [7, 11) is 0. The summed E-state index contributed by atoms with van der Waals surface area (Å²) < 4.78 is 25.5. The highest BCUT2D eigenvalue weighted by Crippen LogP contribution is 2.09. The molecule has 0 heterocycles. The Hall–Kier alpha value is -1.47. The van der Waals surface area contributed by atoms with Crippen LogP contribution in [0.4, 0.5) is 8.78 Å². The van der Waals surface area contributed by atoms with Gasteiger partial charge in [0.1, 0.15) is 0 Å². The second-order valence-electron chi connectivity index (χ2n) is 3.60. The van der Waals surface area contributed by atoms with Crippen molar-refractivity contribution >= 4 is 0 Å². The molecule has 2 nitrogen and oxygen atoms in total. The molecule has 0 saturated carbocycles. The van der Waals surface area contributed by atoms with Crippen LogP contribution in [0.2, 0.25) is 0 Å². The highest BCUT2D eigenvalue weighted by Gasteiger charge is 2.06. The molecule has 1 rings (SSSR count). The summed E-state index contributed by atoms with van der Waals surface area (Å²) in [6.45, 7) is 2.41. The molecule has 0 aromatic heterocycles. The van der Waals surface area contributed by atoms with E-state index in [1.165, 1.54) is 12.1 Å². The normalized spacial score (nSPS) is 12.1. The van der Waals surface area contributed by atoms with Crippen LogP contribution in [0, 0.1) is 23.0 Å². The predicted octanol–water partition coefficient (Wildman–Crippen LogP) is 2.75. The fourth-order valence-electron chi connectivity index (χ4n) is 1.38. The average Bonchev–Trinajstić information content (AvgIpc) is 2.28. The van der Waals surface area contributed by atoms with Gasteiger partial charge in [0.05, 0.1) is 12.5 Å². The Morgan fingerprint density at radius 1 is 1.38 bits per heavy atom. The van der Waals surface area contributed by atoms with Crippen LogP contribution < -0.4 is 5.32 Å². The van der Waals surface area contributed by atoms with Gasteiger partial charge in [0.15, 0.2) is 11.6 Å². The summed E-state index contributed by atoms with van der Waals surface area (Å²) in [6, 6.07) is 5.98. The Bertz CT molecular complexity index is 385. The molecule has 86 valence electrons. The lowest BCUT2D eigenvalue weighted by Crippen LogP contribution is -2.27. The van der Waals surface area contributed by atoms with E-state index in [9.17, 15) is 8.78 Å². The minimum absolute atomic E-state index is 0.0955. The van der Waals surface area contributed by atoms with Gasteiger partial charge in [-0.05, 0) is 24.1 Å². The molecular formula is C12H14F2N2. The minimum atomic E-state index is -0.840. The van der Waals surface area contributed by atoms with Gasteiger partial charge in [-0.1, -0.05) is 13.0 Å². The van der Waals surface area contributed by atoms with Crippen molar-refractivity contribution in [1.29, 1.82) is 5.26 Å². The number of hydrogen-bond acceptors (Lipinski definition) is 2. The molecule has 1 atom stereocenters. The molecule has 1 aromatic carbocycles. The molecule has 0 bridgehead atoms. The third-order valence-corrected chi connectivity index (χ3v) is 2.41. The van der Waals surface area contributed by atoms with Crippen LogP contribution in [-0.2, 0) is 6.54 Å². The van der Waals surface area contributed by atoms with Crippen molar-refractivity contribution in [1.82, 2.24) is 5.32 Å². The Labute approximate surface area is 93.9 Å². The molecular weight excluding hydrogens is 210 g/mol. The van der Waals surface area contributed by atoms with E-state index >= 15 is 0 Å². The Morgan fingerprint density at radius 2 is 2.12 bits per heavy atom. The fraction of sp³-hybridized carbons (Fsp3) is 0.417. The van der Waals surface area contributed by atoms with E-state index in [2.05, 4.69) is 11.4 Å². The van der Waals surface area contributed by atoms with Crippen LogP contribution in [-0.4, -0.2) is 6.04 Å². The first-order valence-corrected chi connectivity index (χ1v) is 5.21. The number of benzene rings is 1. The van der Waals surface area contributed by atoms with Crippen molar-refractivity contribution in [3.63, 3.8) is 0 Å². The second kappa shape index (κ2) is 6.19. The standard InChI is InChI=1S/C12H14F2N2/c1-2-10(5-6-15)16-8-9-3-4-11(13)12(14)7-9/h3-4,7,10,16H,2,5,8H2,1H3. The van der Waals surface area contributed by atoms with Crippen molar-refractivity contribution < 1.29 is 8.78 Å². The second-order valence-corrected chi connectivity index (χ2v) is 3.60. The molecule has 0 saturated heterocycles. The number of rotatable bonds is 5. The average molecular weight is 224 g/mol. The van der Waals surface area contributed by atoms with E-state index in [-0.39, 0.29) is 6.04 Å². The number of nitrogens with zero attached hydrogens (tertiary/aromatic N) is 1. The topological polar surface area (TPSA) is 35.8 Å². The summed E-state index contributed by atoms with van der Waals surface area (Å²) in [5.41, 5.74) is 0.676. The summed E-state index contributed by atoms with van der Waals surface area (Å²) in [5, 5.41) is 11.7. The summed E-state index contributed by atoms with van der Waals surface area (Å²) in [6.07, 6.45) is 1.25. The molecule has 0 aliphatic carbocycles. The van der Waals surface area contributed by atoms with Gasteiger partial charge in [0.2, 0.25) is 0 Å². The van der Waals surface area contributed by atoms with Crippen LogP contribution in [0.15, 0.2) is 18.2 Å². The first-order chi connectivity index (χ1) is 7.67. The monoisotopic (exact) mass is 224 g/mol. The summed E-state index contributed by atoms with van der Waals surface area (Å²) in [5.74, 6) is -1.68. The smallest absolute Gasteiger partial charge is 0.159 e. The van der Waals surface area contributed by atoms with Crippen LogP contribution in [0.1, 0.15) is 25.3 Å². The van der Waals surface area contributed by atoms with E-state index < -0.39 is 11.6 Å². The highest BCUT2D eigenvalue weighted by atomic mass is 19.2. The van der Waals surface area contributed by atoms with E-state index in [1.54, 1.807) is 0 Å². The van der Waals surface area contributed by atoms with Gasteiger partial charge in [-0.3, -0.25) is 0 Å². The van der Waals surface area contributed by atoms with E-state index in [0.29, 0.717) is 18.5 Å². The quantitative estimate of drug-likeness (QED) is 0.834. The Morgan fingerprint density at radius 3 is 2.69 bits per heavy atom. The third-order valence-electron chi connectivity index (χ3n) is 2.41. The number of halogens is 2. The van der Waals surface area contributed by atoms with Gasteiger partial charge >= 0.3 is 0 Å². The zero-order valence-electron chi connectivity index (χ0n) is 9.13. The van der Waals surface area contributed by atoms with Crippen molar-refractivity contribution in [3.8, 4) is 6.07 Å². The van der Waals surface area contributed by atoms with Gasteiger partial charge in [-0.2, -0.15) is 5.26 Å². The van der Waals surface area contributed by atoms with E-state index in [1.807, 2.05) is 6.92 Å². The first kappa shape index (κ1) is 12.6. The minimum Gasteiger partial charge on any atom is -0.309 e. The van der Waals surface area contributed by atoms with Crippen LogP contribution in [0.5, 0.6) is 0 Å². The van der Waals surface area contributed by atoms with Gasteiger partial charge in [-0.25, -0.2) is 8.78 Å². The molecule has 16 heavy (non-hydrogen) atoms. The fourth-order valence-corrected chi connectivity index (χ4v) is 1.38. The van der Waals surface area contributed by atoms with Crippen molar-refractivity contribution in [3.05, 3.63) is 35.4 Å². The van der Waals surface area contributed by atoms with Gasteiger partial charge in [0.25, 0.3) is 0 Å². The summed E-state index contributed by atoms with van der Waals surface area (Å²) in [4.78, 5) is 0. The molecule has 0 fully saturated rings. The highest BCUT2D eigenvalue weighted by molar-refractivity contribution is 5.17.